The summed E-state index contributed by atoms with van der Waals surface area (Å²) in [5.74, 6) is 0.216. The Hall–Kier alpha value is -2.43. The van der Waals surface area contributed by atoms with E-state index in [1.807, 2.05) is 23.6 Å². The third-order valence-corrected chi connectivity index (χ3v) is 3.11. The number of nitrogen functional groups attached to an aromatic ring is 1. The summed E-state index contributed by atoms with van der Waals surface area (Å²) in [6.45, 7) is 2.69. The summed E-state index contributed by atoms with van der Waals surface area (Å²) < 4.78 is 15.5. The third-order valence-electron chi connectivity index (χ3n) is 3.11. The molecule has 0 aliphatic carbocycles. The number of pyridine rings is 1. The predicted octanol–water partition coefficient (Wildman–Crippen LogP) is 2.84. The number of halogens is 1. The second-order valence-corrected chi connectivity index (χ2v) is 4.23. The van der Waals surface area contributed by atoms with Crippen molar-refractivity contribution in [3.05, 3.63) is 42.3 Å². The van der Waals surface area contributed by atoms with Crippen molar-refractivity contribution in [3.63, 3.8) is 0 Å². The maximum absolute atomic E-state index is 13.6. The van der Waals surface area contributed by atoms with Crippen LogP contribution in [0.1, 0.15) is 6.92 Å². The largest absolute Gasteiger partial charge is 0.396 e. The highest BCUT2D eigenvalue weighted by Crippen LogP contribution is 2.29. The van der Waals surface area contributed by atoms with Crippen molar-refractivity contribution in [1.29, 1.82) is 0 Å². The number of nitrogens with two attached hydrogens (primary N) is 1. The molecule has 2 N–H and O–H groups in total. The van der Waals surface area contributed by atoms with E-state index >= 15 is 0 Å². The van der Waals surface area contributed by atoms with Crippen LogP contribution in [0.25, 0.3) is 22.6 Å². The Balaban J connectivity index is 2.33. The molecule has 0 unspecified atom stereocenters. The van der Waals surface area contributed by atoms with Crippen LogP contribution in [-0.4, -0.2) is 14.5 Å². The molecule has 2 aromatic heterocycles. The summed E-state index contributed by atoms with van der Waals surface area (Å²) in [4.78, 5) is 8.83. The smallest absolute Gasteiger partial charge is 0.160 e. The molecule has 0 atom stereocenters. The van der Waals surface area contributed by atoms with Crippen LogP contribution < -0.4 is 5.73 Å². The summed E-state index contributed by atoms with van der Waals surface area (Å²) in [6.07, 6.45) is 1.72. The number of hydrogen-bond donors (Lipinski definition) is 1. The number of rotatable bonds is 2. The number of anilines is 1. The number of nitrogens with zero attached hydrogens (tertiary/aromatic N) is 3. The molecule has 0 spiro atoms. The zero-order valence-corrected chi connectivity index (χ0v) is 10.5. The van der Waals surface area contributed by atoms with Crippen molar-refractivity contribution in [1.82, 2.24) is 14.5 Å². The molecule has 0 aliphatic heterocycles. The number of benzene rings is 1. The molecule has 1 aromatic carbocycles. The standard InChI is InChI=1S/C14H13FN4/c1-2-19-13(9-5-3-6-10(15)12(9)16)18-11-7-4-8-17-14(11)19/h3-8H,2,16H2,1H3. The lowest BCUT2D eigenvalue weighted by Crippen LogP contribution is -2.02. The summed E-state index contributed by atoms with van der Waals surface area (Å²) >= 11 is 0. The maximum atomic E-state index is 13.6. The molecule has 4 nitrogen and oxygen atoms in total. The van der Waals surface area contributed by atoms with Crippen molar-refractivity contribution in [3.8, 4) is 11.4 Å². The monoisotopic (exact) mass is 256 g/mol. The number of para-hydroxylation sites is 1. The maximum Gasteiger partial charge on any atom is 0.160 e. The van der Waals surface area contributed by atoms with Gasteiger partial charge in [-0.3, -0.25) is 0 Å². The number of hydrogen-bond acceptors (Lipinski definition) is 3. The fourth-order valence-electron chi connectivity index (χ4n) is 2.20. The van der Waals surface area contributed by atoms with E-state index in [9.17, 15) is 4.39 Å². The van der Waals surface area contributed by atoms with Crippen molar-refractivity contribution < 1.29 is 4.39 Å². The molecule has 0 amide bonds. The number of fused-ring (bicyclic) bond motifs is 1. The van der Waals surface area contributed by atoms with Gasteiger partial charge in [-0.2, -0.15) is 0 Å². The van der Waals surface area contributed by atoms with Gasteiger partial charge < -0.3 is 10.3 Å². The molecule has 3 rings (SSSR count). The first kappa shape index (κ1) is 11.6. The molecule has 96 valence electrons. The molecule has 0 aliphatic rings. The number of aromatic nitrogens is 3. The van der Waals surface area contributed by atoms with Gasteiger partial charge in [-0.1, -0.05) is 6.07 Å². The molecule has 0 fully saturated rings. The summed E-state index contributed by atoms with van der Waals surface area (Å²) in [6, 6.07) is 8.46. The normalized spacial score (nSPS) is 11.1. The lowest BCUT2D eigenvalue weighted by Gasteiger charge is -2.08. The van der Waals surface area contributed by atoms with E-state index in [0.29, 0.717) is 17.9 Å². The van der Waals surface area contributed by atoms with Gasteiger partial charge in [0.1, 0.15) is 17.2 Å². The Bertz CT molecular complexity index is 748. The zero-order chi connectivity index (χ0) is 13.4. The number of aryl methyl sites for hydroxylation is 1. The van der Waals surface area contributed by atoms with Crippen molar-refractivity contribution in [2.75, 3.05) is 5.73 Å². The lowest BCUT2D eigenvalue weighted by molar-refractivity contribution is 0.632. The van der Waals surface area contributed by atoms with E-state index in [1.54, 1.807) is 18.3 Å². The van der Waals surface area contributed by atoms with Crippen LogP contribution in [0.4, 0.5) is 10.1 Å². The molecule has 0 radical (unpaired) electrons. The molecule has 19 heavy (non-hydrogen) atoms. The highest BCUT2D eigenvalue weighted by Gasteiger charge is 2.15. The van der Waals surface area contributed by atoms with Crippen LogP contribution in [0.5, 0.6) is 0 Å². The number of imidazole rings is 1. The van der Waals surface area contributed by atoms with E-state index in [-0.39, 0.29) is 5.69 Å². The zero-order valence-electron chi connectivity index (χ0n) is 10.5. The van der Waals surface area contributed by atoms with Crippen molar-refractivity contribution >= 4 is 16.9 Å². The lowest BCUT2D eigenvalue weighted by atomic mass is 10.1. The Morgan fingerprint density at radius 2 is 2.11 bits per heavy atom. The fraction of sp³-hybridized carbons (Fsp3) is 0.143. The van der Waals surface area contributed by atoms with Crippen LogP contribution >= 0.6 is 0 Å². The first-order chi connectivity index (χ1) is 9.22. The molecule has 2 heterocycles. The van der Waals surface area contributed by atoms with Gasteiger partial charge in [-0.15, -0.1) is 0 Å². The minimum atomic E-state index is -0.430. The molecule has 0 saturated heterocycles. The third kappa shape index (κ3) is 1.74. The second kappa shape index (κ2) is 4.35. The SMILES string of the molecule is CCn1c(-c2cccc(F)c2N)nc2cccnc21. The van der Waals surface area contributed by atoms with E-state index in [1.165, 1.54) is 6.07 Å². The molecule has 0 bridgehead atoms. The Labute approximate surface area is 109 Å². The molecule has 3 aromatic rings. The van der Waals surface area contributed by atoms with Crippen molar-refractivity contribution in [2.24, 2.45) is 0 Å². The van der Waals surface area contributed by atoms with Crippen molar-refractivity contribution in [2.45, 2.75) is 13.5 Å². The van der Waals surface area contributed by atoms with Gasteiger partial charge in [0, 0.05) is 18.3 Å². The van der Waals surface area contributed by atoms with Crippen LogP contribution in [0.15, 0.2) is 36.5 Å². The Morgan fingerprint density at radius 1 is 1.26 bits per heavy atom. The highest BCUT2D eigenvalue weighted by atomic mass is 19.1. The molecule has 0 saturated carbocycles. The molecular formula is C14H13FN4. The van der Waals surface area contributed by atoms with Crippen LogP contribution in [0.2, 0.25) is 0 Å². The topological polar surface area (TPSA) is 56.7 Å². The van der Waals surface area contributed by atoms with Gasteiger partial charge in [0.05, 0.1) is 5.69 Å². The predicted molar refractivity (Wildman–Crippen MR) is 73.0 cm³/mol. The van der Waals surface area contributed by atoms with Gasteiger partial charge >= 0.3 is 0 Å². The first-order valence-corrected chi connectivity index (χ1v) is 6.08. The first-order valence-electron chi connectivity index (χ1n) is 6.08. The van der Waals surface area contributed by atoms with Gasteiger partial charge in [0.2, 0.25) is 0 Å². The summed E-state index contributed by atoms with van der Waals surface area (Å²) in [7, 11) is 0. The minimum Gasteiger partial charge on any atom is -0.396 e. The van der Waals surface area contributed by atoms with E-state index < -0.39 is 5.82 Å². The summed E-state index contributed by atoms with van der Waals surface area (Å²) in [5, 5.41) is 0. The van der Waals surface area contributed by atoms with Gasteiger partial charge in [0.25, 0.3) is 0 Å². The fourth-order valence-corrected chi connectivity index (χ4v) is 2.20. The Morgan fingerprint density at radius 3 is 2.89 bits per heavy atom. The van der Waals surface area contributed by atoms with E-state index in [2.05, 4.69) is 9.97 Å². The average molecular weight is 256 g/mol. The second-order valence-electron chi connectivity index (χ2n) is 4.23. The summed E-state index contributed by atoms with van der Waals surface area (Å²) in [5.41, 5.74) is 8.09. The molecule has 5 heteroatoms. The Kier molecular flexibility index (Phi) is 2.67. The quantitative estimate of drug-likeness (QED) is 0.717. The molecular weight excluding hydrogens is 243 g/mol. The van der Waals surface area contributed by atoms with Gasteiger partial charge in [0.15, 0.2) is 5.65 Å². The highest BCUT2D eigenvalue weighted by molar-refractivity contribution is 5.81. The van der Waals surface area contributed by atoms with E-state index in [4.69, 9.17) is 5.73 Å². The van der Waals surface area contributed by atoms with Crippen LogP contribution in [0, 0.1) is 5.82 Å². The minimum absolute atomic E-state index is 0.118. The van der Waals surface area contributed by atoms with Gasteiger partial charge in [-0.25, -0.2) is 14.4 Å². The van der Waals surface area contributed by atoms with E-state index in [0.717, 1.165) is 11.2 Å². The average Bonchev–Trinajstić information content (AvgIpc) is 2.80. The van der Waals surface area contributed by atoms with Crippen LogP contribution in [-0.2, 0) is 6.54 Å². The van der Waals surface area contributed by atoms with Gasteiger partial charge in [-0.05, 0) is 31.2 Å². The van der Waals surface area contributed by atoms with Crippen LogP contribution in [0.3, 0.4) is 0 Å².